The summed E-state index contributed by atoms with van der Waals surface area (Å²) < 4.78 is 20.2. The van der Waals surface area contributed by atoms with Crippen LogP contribution in [-0.2, 0) is 6.42 Å². The first-order valence-electron chi connectivity index (χ1n) is 10.3. The first kappa shape index (κ1) is 21.8. The van der Waals surface area contributed by atoms with Crippen LogP contribution in [0.1, 0.15) is 38.3 Å². The monoisotopic (exact) mass is 457 g/mol. The van der Waals surface area contributed by atoms with Crippen molar-refractivity contribution in [1.82, 2.24) is 9.97 Å². The van der Waals surface area contributed by atoms with Crippen LogP contribution in [0.25, 0.3) is 0 Å². The lowest BCUT2D eigenvalue weighted by Gasteiger charge is -2.41. The summed E-state index contributed by atoms with van der Waals surface area (Å²) in [4.78, 5) is 9.05. The molecule has 0 radical (unpaired) electrons. The van der Waals surface area contributed by atoms with E-state index in [0.717, 1.165) is 54.3 Å². The predicted octanol–water partition coefficient (Wildman–Crippen LogP) is 7.20. The SMILES string of the molecule is C=C(C)[C@]1(Cc2cccc(Nc3nccs3)n2)CC[C@@H](Oc2cccc(Cl)c2F)CC1. The molecule has 1 fully saturated rings. The molecule has 1 saturated carbocycles. The van der Waals surface area contributed by atoms with Crippen molar-refractivity contribution in [1.29, 1.82) is 0 Å². The molecule has 31 heavy (non-hydrogen) atoms. The van der Waals surface area contributed by atoms with E-state index in [2.05, 4.69) is 29.9 Å². The molecule has 0 saturated heterocycles. The van der Waals surface area contributed by atoms with Crippen molar-refractivity contribution in [2.75, 3.05) is 5.32 Å². The van der Waals surface area contributed by atoms with E-state index < -0.39 is 5.82 Å². The van der Waals surface area contributed by atoms with E-state index in [1.165, 1.54) is 6.07 Å². The van der Waals surface area contributed by atoms with Crippen LogP contribution in [0.4, 0.5) is 15.3 Å². The standard InChI is InChI=1S/C24H25ClFN3OS/c1-16(2)24(15-17-5-3-8-21(28-17)29-23-27-13-14-31-23)11-9-18(10-12-24)30-20-7-4-6-19(25)22(20)26/h3-8,13-14,18H,1,9-12,15H2,2H3,(H,27,28,29)/t18-,24-. The van der Waals surface area contributed by atoms with Gasteiger partial charge < -0.3 is 10.1 Å². The van der Waals surface area contributed by atoms with Crippen LogP contribution in [0.15, 0.2) is 60.1 Å². The minimum Gasteiger partial charge on any atom is -0.487 e. The fourth-order valence-corrected chi connectivity index (χ4v) is 4.86. The Balaban J connectivity index is 1.43. The largest absolute Gasteiger partial charge is 0.487 e. The highest BCUT2D eigenvalue weighted by Crippen LogP contribution is 2.45. The minimum absolute atomic E-state index is 0.0358. The Labute approximate surface area is 191 Å². The van der Waals surface area contributed by atoms with Gasteiger partial charge in [0.1, 0.15) is 5.82 Å². The summed E-state index contributed by atoms with van der Waals surface area (Å²) in [6, 6.07) is 10.9. The smallest absolute Gasteiger partial charge is 0.188 e. The Morgan fingerprint density at radius 3 is 2.77 bits per heavy atom. The lowest BCUT2D eigenvalue weighted by Crippen LogP contribution is -2.35. The molecule has 0 spiro atoms. The van der Waals surface area contributed by atoms with Gasteiger partial charge in [-0.3, -0.25) is 0 Å². The van der Waals surface area contributed by atoms with E-state index in [1.54, 1.807) is 29.7 Å². The summed E-state index contributed by atoms with van der Waals surface area (Å²) >= 11 is 7.42. The molecule has 4 rings (SSSR count). The van der Waals surface area contributed by atoms with E-state index in [-0.39, 0.29) is 22.3 Å². The van der Waals surface area contributed by atoms with Crippen molar-refractivity contribution in [3.8, 4) is 5.75 Å². The number of allylic oxidation sites excluding steroid dienone is 1. The molecular weight excluding hydrogens is 433 g/mol. The molecule has 2 heterocycles. The van der Waals surface area contributed by atoms with Crippen molar-refractivity contribution in [3.63, 3.8) is 0 Å². The highest BCUT2D eigenvalue weighted by atomic mass is 35.5. The third-order valence-electron chi connectivity index (χ3n) is 6.00. The number of halogens is 2. The lowest BCUT2D eigenvalue weighted by atomic mass is 9.66. The van der Waals surface area contributed by atoms with Crippen molar-refractivity contribution in [2.24, 2.45) is 5.41 Å². The zero-order valence-electron chi connectivity index (χ0n) is 17.4. The average Bonchev–Trinajstić information content (AvgIpc) is 3.26. The first-order valence-corrected chi connectivity index (χ1v) is 11.6. The maximum absolute atomic E-state index is 14.2. The first-order chi connectivity index (χ1) is 14.9. The molecule has 1 aromatic carbocycles. The quantitative estimate of drug-likeness (QED) is 0.381. The van der Waals surface area contributed by atoms with Crippen LogP contribution in [0.2, 0.25) is 5.02 Å². The highest BCUT2D eigenvalue weighted by molar-refractivity contribution is 7.13. The number of aromatic nitrogens is 2. The van der Waals surface area contributed by atoms with Gasteiger partial charge in [0.05, 0.1) is 11.1 Å². The van der Waals surface area contributed by atoms with Gasteiger partial charge in [0.25, 0.3) is 0 Å². The van der Waals surface area contributed by atoms with E-state index >= 15 is 0 Å². The fraction of sp³-hybridized carbons (Fsp3) is 0.333. The third-order valence-corrected chi connectivity index (χ3v) is 6.98. The van der Waals surface area contributed by atoms with E-state index in [9.17, 15) is 4.39 Å². The van der Waals surface area contributed by atoms with Gasteiger partial charge in [-0.25, -0.2) is 14.4 Å². The van der Waals surface area contributed by atoms with Crippen LogP contribution in [0.3, 0.4) is 0 Å². The minimum atomic E-state index is -0.491. The Kier molecular flexibility index (Phi) is 6.58. The van der Waals surface area contributed by atoms with Gasteiger partial charge in [-0.2, -0.15) is 0 Å². The van der Waals surface area contributed by atoms with Gasteiger partial charge in [-0.15, -0.1) is 11.3 Å². The van der Waals surface area contributed by atoms with Crippen molar-refractivity contribution in [3.05, 3.63) is 76.7 Å². The van der Waals surface area contributed by atoms with Gasteiger partial charge in [0, 0.05) is 17.3 Å². The zero-order valence-corrected chi connectivity index (χ0v) is 19.0. The van der Waals surface area contributed by atoms with Crippen molar-refractivity contribution < 1.29 is 9.13 Å². The average molecular weight is 458 g/mol. The second-order valence-electron chi connectivity index (χ2n) is 8.08. The molecule has 0 unspecified atom stereocenters. The number of thiazole rings is 1. The molecule has 2 aromatic heterocycles. The summed E-state index contributed by atoms with van der Waals surface area (Å²) in [7, 11) is 0. The number of anilines is 2. The number of nitrogens with zero attached hydrogens (tertiary/aromatic N) is 2. The molecule has 1 aliphatic carbocycles. The van der Waals surface area contributed by atoms with Crippen LogP contribution in [0.5, 0.6) is 5.75 Å². The molecule has 1 N–H and O–H groups in total. The normalized spacial score (nSPS) is 20.9. The maximum Gasteiger partial charge on any atom is 0.188 e. The second-order valence-corrected chi connectivity index (χ2v) is 9.38. The van der Waals surface area contributed by atoms with Gasteiger partial charge in [0.2, 0.25) is 0 Å². The van der Waals surface area contributed by atoms with Crippen molar-refractivity contribution in [2.45, 2.75) is 45.1 Å². The fourth-order valence-electron chi connectivity index (χ4n) is 4.16. The lowest BCUT2D eigenvalue weighted by molar-refractivity contribution is 0.0942. The van der Waals surface area contributed by atoms with Gasteiger partial charge in [0.15, 0.2) is 16.7 Å². The van der Waals surface area contributed by atoms with E-state index in [4.69, 9.17) is 21.3 Å². The van der Waals surface area contributed by atoms with Gasteiger partial charge in [-0.1, -0.05) is 35.9 Å². The molecule has 0 atom stereocenters. The Bertz CT molecular complexity index is 1050. The summed E-state index contributed by atoms with van der Waals surface area (Å²) in [6.45, 7) is 6.39. The number of ether oxygens (including phenoxy) is 1. The van der Waals surface area contributed by atoms with Crippen molar-refractivity contribution >= 4 is 33.9 Å². The summed E-state index contributed by atoms with van der Waals surface area (Å²) in [5, 5.41) is 6.09. The molecular formula is C24H25ClFN3OS. The molecule has 0 aliphatic heterocycles. The number of hydrogen-bond acceptors (Lipinski definition) is 5. The van der Waals surface area contributed by atoms with Crippen LogP contribution in [0, 0.1) is 11.2 Å². The zero-order chi connectivity index (χ0) is 21.8. The van der Waals surface area contributed by atoms with Gasteiger partial charge in [-0.05, 0) is 68.7 Å². The molecule has 3 aromatic rings. The molecule has 0 bridgehead atoms. The molecule has 162 valence electrons. The summed E-state index contributed by atoms with van der Waals surface area (Å²) in [5.74, 6) is 0.523. The number of rotatable bonds is 7. The molecule has 1 aliphatic rings. The van der Waals surface area contributed by atoms with Crippen LogP contribution in [-0.4, -0.2) is 16.1 Å². The Morgan fingerprint density at radius 1 is 1.29 bits per heavy atom. The Morgan fingerprint density at radius 2 is 2.06 bits per heavy atom. The van der Waals surface area contributed by atoms with Crippen LogP contribution >= 0.6 is 22.9 Å². The molecule has 4 nitrogen and oxygen atoms in total. The number of hydrogen-bond donors (Lipinski definition) is 1. The van der Waals surface area contributed by atoms with Gasteiger partial charge >= 0.3 is 0 Å². The number of nitrogens with one attached hydrogen (secondary N) is 1. The second kappa shape index (κ2) is 9.37. The number of benzene rings is 1. The Hall–Kier alpha value is -2.44. The molecule has 0 amide bonds. The summed E-state index contributed by atoms with van der Waals surface area (Å²) in [5.41, 5.74) is 2.13. The third kappa shape index (κ3) is 5.08. The van der Waals surface area contributed by atoms with E-state index in [1.807, 2.05) is 17.5 Å². The molecule has 7 heteroatoms. The highest BCUT2D eigenvalue weighted by Gasteiger charge is 2.37. The summed E-state index contributed by atoms with van der Waals surface area (Å²) in [6.07, 6.45) is 6.04. The topological polar surface area (TPSA) is 47.0 Å². The maximum atomic E-state index is 14.2. The number of pyridine rings is 1. The van der Waals surface area contributed by atoms with Crippen LogP contribution < -0.4 is 10.1 Å². The van der Waals surface area contributed by atoms with E-state index in [0.29, 0.717) is 0 Å². The predicted molar refractivity (Wildman–Crippen MR) is 125 cm³/mol.